The monoisotopic (exact) mass is 327 g/mol. The lowest BCUT2D eigenvalue weighted by molar-refractivity contribution is 0.0947. The molecule has 0 atom stereocenters. The van der Waals surface area contributed by atoms with Crippen LogP contribution in [0.3, 0.4) is 0 Å². The third-order valence-corrected chi connectivity index (χ3v) is 3.59. The van der Waals surface area contributed by atoms with Crippen molar-refractivity contribution in [2.45, 2.75) is 13.3 Å². The summed E-state index contributed by atoms with van der Waals surface area (Å²) in [6.45, 7) is 3.43. The van der Waals surface area contributed by atoms with E-state index in [2.05, 4.69) is 20.2 Å². The highest BCUT2D eigenvalue weighted by molar-refractivity contribution is 5.92. The van der Waals surface area contributed by atoms with Crippen LogP contribution in [0.1, 0.15) is 22.6 Å². The number of nitrogens with zero attached hydrogens (tertiary/aromatic N) is 4. The number of hydrogen-bond acceptors (Lipinski definition) is 5. The van der Waals surface area contributed by atoms with Crippen molar-refractivity contribution in [3.8, 4) is 0 Å². The topological polar surface area (TPSA) is 61.4 Å². The molecule has 128 valence electrons. The number of aromatic nitrogens is 2. The van der Waals surface area contributed by atoms with E-state index in [4.69, 9.17) is 0 Å². The van der Waals surface area contributed by atoms with Crippen LogP contribution in [-0.4, -0.2) is 55.0 Å². The SMILES string of the molecule is Cc1cc(C(=O)NCCCN(C)C)nc(N(C)c2ccccc2)n1. The van der Waals surface area contributed by atoms with Crippen molar-refractivity contribution in [1.29, 1.82) is 0 Å². The largest absolute Gasteiger partial charge is 0.351 e. The maximum atomic E-state index is 12.3. The molecule has 1 heterocycles. The molecule has 0 fully saturated rings. The molecule has 2 aromatic rings. The van der Waals surface area contributed by atoms with E-state index in [1.54, 1.807) is 6.07 Å². The lowest BCUT2D eigenvalue weighted by Crippen LogP contribution is -2.28. The molecule has 6 heteroatoms. The van der Waals surface area contributed by atoms with Crippen LogP contribution in [0.15, 0.2) is 36.4 Å². The van der Waals surface area contributed by atoms with Crippen LogP contribution < -0.4 is 10.2 Å². The fourth-order valence-electron chi connectivity index (χ4n) is 2.27. The Hall–Kier alpha value is -2.47. The molecule has 0 saturated carbocycles. The highest BCUT2D eigenvalue weighted by Gasteiger charge is 2.13. The molecule has 1 amide bonds. The zero-order valence-corrected chi connectivity index (χ0v) is 14.8. The molecule has 6 nitrogen and oxygen atoms in total. The summed E-state index contributed by atoms with van der Waals surface area (Å²) < 4.78 is 0. The van der Waals surface area contributed by atoms with Crippen molar-refractivity contribution < 1.29 is 4.79 Å². The molecular weight excluding hydrogens is 302 g/mol. The molecule has 2 rings (SSSR count). The molecule has 0 unspecified atom stereocenters. The summed E-state index contributed by atoms with van der Waals surface area (Å²) in [5.74, 6) is 0.349. The quantitative estimate of drug-likeness (QED) is 0.790. The fraction of sp³-hybridized carbons (Fsp3) is 0.389. The average Bonchev–Trinajstić information content (AvgIpc) is 2.58. The van der Waals surface area contributed by atoms with Gasteiger partial charge < -0.3 is 15.1 Å². The van der Waals surface area contributed by atoms with Crippen molar-refractivity contribution in [1.82, 2.24) is 20.2 Å². The number of hydrogen-bond donors (Lipinski definition) is 1. The average molecular weight is 327 g/mol. The predicted molar refractivity (Wildman–Crippen MR) is 96.8 cm³/mol. The standard InChI is InChI=1S/C18H25N5O/c1-14-13-16(17(24)19-11-8-12-22(2)3)21-18(20-14)23(4)15-9-6-5-7-10-15/h5-7,9-10,13H,8,11-12H2,1-4H3,(H,19,24). The number of carbonyl (C=O) groups excluding carboxylic acids is 1. The normalized spacial score (nSPS) is 10.7. The van der Waals surface area contributed by atoms with Crippen LogP contribution >= 0.6 is 0 Å². The molecule has 1 aromatic heterocycles. The molecule has 0 aliphatic carbocycles. The number of nitrogens with one attached hydrogen (secondary N) is 1. The van der Waals surface area contributed by atoms with Crippen molar-refractivity contribution in [2.75, 3.05) is 39.1 Å². The van der Waals surface area contributed by atoms with Gasteiger partial charge in [-0.2, -0.15) is 0 Å². The molecule has 1 N–H and O–H groups in total. The molecule has 0 saturated heterocycles. The fourth-order valence-corrected chi connectivity index (χ4v) is 2.27. The second-order valence-electron chi connectivity index (χ2n) is 6.00. The Bertz CT molecular complexity index is 672. The second kappa shape index (κ2) is 8.40. The summed E-state index contributed by atoms with van der Waals surface area (Å²) in [5.41, 5.74) is 2.13. The van der Waals surface area contributed by atoms with Gasteiger partial charge >= 0.3 is 0 Å². The zero-order valence-electron chi connectivity index (χ0n) is 14.8. The molecule has 0 bridgehead atoms. The highest BCUT2D eigenvalue weighted by atomic mass is 16.1. The minimum Gasteiger partial charge on any atom is -0.351 e. The molecule has 24 heavy (non-hydrogen) atoms. The second-order valence-corrected chi connectivity index (χ2v) is 6.00. The van der Waals surface area contributed by atoms with Crippen LogP contribution in [0, 0.1) is 6.92 Å². The Morgan fingerprint density at radius 3 is 2.50 bits per heavy atom. The van der Waals surface area contributed by atoms with Crippen molar-refractivity contribution in [3.63, 3.8) is 0 Å². The molecule has 0 radical (unpaired) electrons. The van der Waals surface area contributed by atoms with Crippen LogP contribution in [0.25, 0.3) is 0 Å². The van der Waals surface area contributed by atoms with Gasteiger partial charge in [0.15, 0.2) is 0 Å². The minimum atomic E-state index is -0.165. The Kier molecular flexibility index (Phi) is 6.26. The van der Waals surface area contributed by atoms with Gasteiger partial charge in [-0.3, -0.25) is 4.79 Å². The van der Waals surface area contributed by atoms with E-state index in [0.717, 1.165) is 24.3 Å². The summed E-state index contributed by atoms with van der Waals surface area (Å²) in [6, 6.07) is 11.5. The number of rotatable bonds is 7. The summed E-state index contributed by atoms with van der Waals surface area (Å²) in [7, 11) is 5.92. The first kappa shape index (κ1) is 17.9. The minimum absolute atomic E-state index is 0.165. The van der Waals surface area contributed by atoms with Crippen molar-refractivity contribution >= 4 is 17.5 Å². The lowest BCUT2D eigenvalue weighted by atomic mass is 10.3. The van der Waals surface area contributed by atoms with Crippen LogP contribution in [0.4, 0.5) is 11.6 Å². The number of carbonyl (C=O) groups is 1. The Labute approximate surface area is 143 Å². The molecule has 0 spiro atoms. The van der Waals surface area contributed by atoms with Gasteiger partial charge in [0.1, 0.15) is 5.69 Å². The number of anilines is 2. The number of amides is 1. The van der Waals surface area contributed by atoms with Crippen molar-refractivity contribution in [3.05, 3.63) is 47.8 Å². The van der Waals surface area contributed by atoms with E-state index in [0.29, 0.717) is 18.2 Å². The third-order valence-electron chi connectivity index (χ3n) is 3.59. The van der Waals surface area contributed by atoms with E-state index in [1.165, 1.54) is 0 Å². The van der Waals surface area contributed by atoms with Gasteiger partial charge in [0, 0.05) is 25.0 Å². The Morgan fingerprint density at radius 1 is 1.12 bits per heavy atom. The predicted octanol–water partition coefficient (Wildman–Crippen LogP) is 2.23. The van der Waals surface area contributed by atoms with E-state index in [1.807, 2.05) is 63.3 Å². The van der Waals surface area contributed by atoms with Crippen LogP contribution in [0.5, 0.6) is 0 Å². The molecule has 0 aliphatic rings. The number of benzene rings is 1. The van der Waals surface area contributed by atoms with Gasteiger partial charge in [0.25, 0.3) is 5.91 Å². The zero-order chi connectivity index (χ0) is 17.5. The first-order valence-electron chi connectivity index (χ1n) is 8.05. The first-order valence-corrected chi connectivity index (χ1v) is 8.05. The summed E-state index contributed by atoms with van der Waals surface area (Å²) in [6.07, 6.45) is 0.902. The van der Waals surface area contributed by atoms with Gasteiger partial charge in [-0.25, -0.2) is 9.97 Å². The maximum absolute atomic E-state index is 12.3. The highest BCUT2D eigenvalue weighted by Crippen LogP contribution is 2.20. The van der Waals surface area contributed by atoms with Gasteiger partial charge in [-0.1, -0.05) is 18.2 Å². The summed E-state index contributed by atoms with van der Waals surface area (Å²) >= 11 is 0. The van der Waals surface area contributed by atoms with Gasteiger partial charge in [0.2, 0.25) is 5.95 Å². The van der Waals surface area contributed by atoms with E-state index in [-0.39, 0.29) is 5.91 Å². The number of aryl methyl sites for hydroxylation is 1. The Morgan fingerprint density at radius 2 is 1.83 bits per heavy atom. The third kappa shape index (κ3) is 5.03. The van der Waals surface area contributed by atoms with Gasteiger partial charge in [-0.15, -0.1) is 0 Å². The smallest absolute Gasteiger partial charge is 0.270 e. The van der Waals surface area contributed by atoms with E-state index >= 15 is 0 Å². The number of para-hydroxylation sites is 1. The van der Waals surface area contributed by atoms with Crippen LogP contribution in [0.2, 0.25) is 0 Å². The van der Waals surface area contributed by atoms with Gasteiger partial charge in [-0.05, 0) is 52.2 Å². The van der Waals surface area contributed by atoms with E-state index in [9.17, 15) is 4.79 Å². The summed E-state index contributed by atoms with van der Waals surface area (Å²) in [5, 5.41) is 2.91. The van der Waals surface area contributed by atoms with Crippen LogP contribution in [-0.2, 0) is 0 Å². The maximum Gasteiger partial charge on any atom is 0.270 e. The summed E-state index contributed by atoms with van der Waals surface area (Å²) in [4.78, 5) is 25.1. The van der Waals surface area contributed by atoms with Gasteiger partial charge in [0.05, 0.1) is 0 Å². The lowest BCUT2D eigenvalue weighted by Gasteiger charge is -2.18. The molecule has 1 aromatic carbocycles. The van der Waals surface area contributed by atoms with Crippen molar-refractivity contribution in [2.24, 2.45) is 0 Å². The molecular formula is C18H25N5O. The van der Waals surface area contributed by atoms with E-state index < -0.39 is 0 Å². The first-order chi connectivity index (χ1) is 11.5. The Balaban J connectivity index is 2.09. The molecule has 0 aliphatic heterocycles.